The number of aromatic nitrogens is 2. The van der Waals surface area contributed by atoms with E-state index in [2.05, 4.69) is 16.2 Å². The second-order valence-electron chi connectivity index (χ2n) is 5.98. The normalized spacial score (nSPS) is 12.1. The third-order valence-corrected chi connectivity index (χ3v) is 7.57. The Morgan fingerprint density at radius 1 is 1.03 bits per heavy atom. The van der Waals surface area contributed by atoms with Crippen molar-refractivity contribution < 1.29 is 0 Å². The van der Waals surface area contributed by atoms with Gasteiger partial charge in [-0.15, -0.1) is 11.3 Å². The summed E-state index contributed by atoms with van der Waals surface area (Å²) in [6, 6.07) is 13.2. The summed E-state index contributed by atoms with van der Waals surface area (Å²) < 4.78 is 0. The van der Waals surface area contributed by atoms with Gasteiger partial charge in [-0.2, -0.15) is 0 Å². The zero-order chi connectivity index (χ0) is 20.5. The molecule has 2 aromatic heterocycles. The van der Waals surface area contributed by atoms with Gasteiger partial charge in [0.1, 0.15) is 15.7 Å². The van der Waals surface area contributed by atoms with Crippen LogP contribution in [0.3, 0.4) is 0 Å². The largest absolute Gasteiger partial charge is 0.382 e. The second-order valence-corrected chi connectivity index (χ2v) is 9.98. The molecule has 0 aliphatic rings. The Hall–Kier alpha value is -1.94. The fraction of sp³-hybridized carbons (Fsp3) is 0. The fourth-order valence-corrected chi connectivity index (χ4v) is 5.16. The number of nitrogens with two attached hydrogens (primary N) is 2. The SMILES string of the molecule is C=S(N)c1ccc(Nc2nc(N)c(-c3nc(-c4ccc(Cl)c(Cl)c4)cs3)s2)cc1. The summed E-state index contributed by atoms with van der Waals surface area (Å²) in [6.07, 6.45) is 0. The Kier molecular flexibility index (Phi) is 5.91. The Balaban J connectivity index is 1.57. The monoisotopic (exact) mass is 479 g/mol. The number of nitrogens with one attached hydrogen (secondary N) is 1. The molecular formula is C19H15Cl2N5S3. The van der Waals surface area contributed by atoms with Gasteiger partial charge in [-0.3, -0.25) is 5.14 Å². The molecular weight excluding hydrogens is 465 g/mol. The van der Waals surface area contributed by atoms with Gasteiger partial charge in [0, 0.05) is 21.5 Å². The van der Waals surface area contributed by atoms with Crippen molar-refractivity contribution in [3.8, 4) is 21.1 Å². The lowest BCUT2D eigenvalue weighted by Crippen LogP contribution is -1.92. The van der Waals surface area contributed by atoms with E-state index >= 15 is 0 Å². The highest BCUT2D eigenvalue weighted by atomic mass is 35.5. The van der Waals surface area contributed by atoms with Crippen molar-refractivity contribution >= 4 is 79.1 Å². The molecule has 10 heteroatoms. The summed E-state index contributed by atoms with van der Waals surface area (Å²) in [7, 11) is -0.508. The fourth-order valence-electron chi connectivity index (χ4n) is 2.54. The number of thiazole rings is 2. The van der Waals surface area contributed by atoms with Crippen molar-refractivity contribution in [1.29, 1.82) is 0 Å². The smallest absolute Gasteiger partial charge is 0.189 e. The number of nitrogen functional groups attached to an aromatic ring is 1. The topological polar surface area (TPSA) is 89.8 Å². The van der Waals surface area contributed by atoms with Crippen LogP contribution in [0.5, 0.6) is 0 Å². The molecule has 1 unspecified atom stereocenters. The number of hydrogen-bond acceptors (Lipinski definition) is 7. The van der Waals surface area contributed by atoms with E-state index in [1.807, 2.05) is 35.7 Å². The van der Waals surface area contributed by atoms with Crippen LogP contribution in [0.1, 0.15) is 0 Å². The third kappa shape index (κ3) is 4.48. The maximum Gasteiger partial charge on any atom is 0.189 e. The van der Waals surface area contributed by atoms with E-state index in [1.165, 1.54) is 22.7 Å². The molecule has 4 rings (SSSR count). The van der Waals surface area contributed by atoms with E-state index in [1.54, 1.807) is 12.1 Å². The number of benzene rings is 2. The van der Waals surface area contributed by atoms with E-state index in [0.29, 0.717) is 21.0 Å². The Morgan fingerprint density at radius 3 is 2.48 bits per heavy atom. The molecule has 5 nitrogen and oxygen atoms in total. The lowest BCUT2D eigenvalue weighted by molar-refractivity contribution is 1.37. The maximum absolute atomic E-state index is 6.15. The zero-order valence-corrected chi connectivity index (χ0v) is 18.8. The first-order valence-electron chi connectivity index (χ1n) is 8.24. The summed E-state index contributed by atoms with van der Waals surface area (Å²) in [5.74, 6) is 4.28. The molecule has 0 saturated heterocycles. The quantitative estimate of drug-likeness (QED) is 0.284. The first kappa shape index (κ1) is 20.3. The van der Waals surface area contributed by atoms with Gasteiger partial charge in [0.25, 0.3) is 0 Å². The Bertz CT molecular complexity index is 1200. The molecule has 4 aromatic rings. The predicted molar refractivity (Wildman–Crippen MR) is 130 cm³/mol. The highest BCUT2D eigenvalue weighted by molar-refractivity contribution is 8.12. The molecule has 0 radical (unpaired) electrons. The van der Waals surface area contributed by atoms with E-state index in [-0.39, 0.29) is 0 Å². The Morgan fingerprint density at radius 2 is 1.79 bits per heavy atom. The van der Waals surface area contributed by atoms with Crippen LogP contribution in [0.25, 0.3) is 21.1 Å². The number of hydrogen-bond donors (Lipinski definition) is 3. The molecule has 5 N–H and O–H groups in total. The first-order chi connectivity index (χ1) is 13.9. The minimum Gasteiger partial charge on any atom is -0.382 e. The summed E-state index contributed by atoms with van der Waals surface area (Å²) in [4.78, 5) is 10.9. The van der Waals surface area contributed by atoms with Gasteiger partial charge in [-0.05, 0) is 36.4 Å². The molecule has 148 valence electrons. The molecule has 2 aromatic carbocycles. The van der Waals surface area contributed by atoms with E-state index < -0.39 is 10.7 Å². The molecule has 0 aliphatic carbocycles. The average Bonchev–Trinajstić information content (AvgIpc) is 3.31. The van der Waals surface area contributed by atoms with Crippen LogP contribution >= 0.6 is 56.5 Å². The van der Waals surface area contributed by atoms with Gasteiger partial charge in [-0.25, -0.2) is 9.97 Å². The highest BCUT2D eigenvalue weighted by Gasteiger charge is 2.15. The molecule has 0 aliphatic heterocycles. The number of nitrogens with zero attached hydrogens (tertiary/aromatic N) is 2. The van der Waals surface area contributed by atoms with Crippen molar-refractivity contribution in [2.75, 3.05) is 11.1 Å². The van der Waals surface area contributed by atoms with Crippen molar-refractivity contribution in [3.63, 3.8) is 0 Å². The van der Waals surface area contributed by atoms with Crippen molar-refractivity contribution in [3.05, 3.63) is 57.9 Å². The van der Waals surface area contributed by atoms with Gasteiger partial charge in [-0.1, -0.05) is 57.1 Å². The molecule has 1 atom stereocenters. The summed E-state index contributed by atoms with van der Waals surface area (Å²) in [5.41, 5.74) is 8.75. The van der Waals surface area contributed by atoms with Gasteiger partial charge >= 0.3 is 0 Å². The number of halogens is 2. The standard InChI is InChI=1S/C19H15Cl2N5S3/c1-29(23)12-5-3-11(4-6-12)24-19-26-17(22)16(28-19)18-25-15(9-27-18)10-2-7-13(20)14(21)8-10/h2-9H,1,22-23H2,(H,24,26). The summed E-state index contributed by atoms with van der Waals surface area (Å²) in [5, 5.41) is 13.5. The van der Waals surface area contributed by atoms with Crippen LogP contribution in [0.4, 0.5) is 16.6 Å². The lowest BCUT2D eigenvalue weighted by atomic mass is 10.2. The van der Waals surface area contributed by atoms with Gasteiger partial charge in [0.15, 0.2) is 5.13 Å². The number of anilines is 3. The van der Waals surface area contributed by atoms with Crippen molar-refractivity contribution in [2.45, 2.75) is 4.90 Å². The first-order valence-corrected chi connectivity index (χ1v) is 12.1. The van der Waals surface area contributed by atoms with Crippen LogP contribution in [-0.2, 0) is 0 Å². The summed E-state index contributed by atoms with van der Waals surface area (Å²) in [6.45, 7) is 0. The van der Waals surface area contributed by atoms with Crippen molar-refractivity contribution in [1.82, 2.24) is 9.97 Å². The van der Waals surface area contributed by atoms with E-state index in [0.717, 1.165) is 31.7 Å². The molecule has 0 amide bonds. The molecule has 29 heavy (non-hydrogen) atoms. The highest BCUT2D eigenvalue weighted by Crippen LogP contribution is 2.39. The van der Waals surface area contributed by atoms with Crippen LogP contribution in [0, 0.1) is 0 Å². The van der Waals surface area contributed by atoms with Gasteiger partial charge in [0.2, 0.25) is 0 Å². The zero-order valence-electron chi connectivity index (χ0n) is 14.9. The second kappa shape index (κ2) is 8.43. The van der Waals surface area contributed by atoms with Gasteiger partial charge in [0.05, 0.1) is 15.7 Å². The lowest BCUT2D eigenvalue weighted by Gasteiger charge is -2.04. The maximum atomic E-state index is 6.15. The van der Waals surface area contributed by atoms with Crippen molar-refractivity contribution in [2.24, 2.45) is 5.14 Å². The molecule has 0 bridgehead atoms. The minimum atomic E-state index is -0.508. The molecule has 0 spiro atoms. The predicted octanol–water partition coefficient (Wildman–Crippen LogP) is 6.50. The number of rotatable bonds is 5. The van der Waals surface area contributed by atoms with Crippen LogP contribution < -0.4 is 16.2 Å². The third-order valence-electron chi connectivity index (χ3n) is 3.98. The molecule has 0 saturated carbocycles. The van der Waals surface area contributed by atoms with Crippen LogP contribution in [0.2, 0.25) is 10.0 Å². The Labute approximate surface area is 188 Å². The van der Waals surface area contributed by atoms with Gasteiger partial charge < -0.3 is 11.1 Å². The van der Waals surface area contributed by atoms with Crippen LogP contribution in [-0.4, -0.2) is 15.8 Å². The van der Waals surface area contributed by atoms with Crippen LogP contribution in [0.15, 0.2) is 52.7 Å². The average molecular weight is 480 g/mol. The summed E-state index contributed by atoms with van der Waals surface area (Å²) >= 11 is 15.1. The van der Waals surface area contributed by atoms with E-state index in [4.69, 9.17) is 39.1 Å². The molecule has 0 fully saturated rings. The minimum absolute atomic E-state index is 0.436. The van der Waals surface area contributed by atoms with E-state index in [9.17, 15) is 0 Å². The molecule has 2 heterocycles.